The topological polar surface area (TPSA) is 73.9 Å². The molecule has 0 saturated carbocycles. The third kappa shape index (κ3) is 4.03. The maximum absolute atomic E-state index is 13.4. The number of hydrogen-bond donors (Lipinski definition) is 1. The van der Waals surface area contributed by atoms with Crippen molar-refractivity contribution in [2.24, 2.45) is 0 Å². The van der Waals surface area contributed by atoms with E-state index in [-0.39, 0.29) is 12.3 Å². The molecule has 6 nitrogen and oxygen atoms in total. The Morgan fingerprint density at radius 2 is 1.92 bits per heavy atom. The molecular weight excluding hydrogens is 336 g/mol. The lowest BCUT2D eigenvalue weighted by Crippen LogP contribution is -2.39. The summed E-state index contributed by atoms with van der Waals surface area (Å²) in [5.41, 5.74) is -0.341. The van der Waals surface area contributed by atoms with Crippen molar-refractivity contribution in [2.45, 2.75) is 6.10 Å². The van der Waals surface area contributed by atoms with Gasteiger partial charge in [0, 0.05) is 6.07 Å². The summed E-state index contributed by atoms with van der Waals surface area (Å²) >= 11 is 0. The number of para-hydroxylation sites is 2. The fourth-order valence-electron chi connectivity index (χ4n) is 2.14. The highest BCUT2D eigenvalue weighted by Crippen LogP contribution is 2.31. The first kappa shape index (κ1) is 16.7. The largest absolute Gasteiger partial charge is 0.485 e. The van der Waals surface area contributed by atoms with Gasteiger partial charge >= 0.3 is 5.97 Å². The number of ether oxygens (including phenoxy) is 3. The molecule has 8 heteroatoms. The number of rotatable bonds is 4. The van der Waals surface area contributed by atoms with Crippen LogP contribution in [0.2, 0.25) is 0 Å². The molecule has 0 unspecified atom stereocenters. The van der Waals surface area contributed by atoms with Crippen LogP contribution in [0.15, 0.2) is 42.5 Å². The molecular formula is C17H13F2NO5. The van der Waals surface area contributed by atoms with E-state index >= 15 is 0 Å². The van der Waals surface area contributed by atoms with Gasteiger partial charge in [0.05, 0.1) is 5.69 Å². The SMILES string of the molecule is O=C(COC(=O)[C@H]1COc2ccccc2O1)Nc1cc(F)ccc1F. The molecule has 0 aromatic heterocycles. The Hall–Kier alpha value is -3.16. The van der Waals surface area contributed by atoms with E-state index in [0.717, 1.165) is 18.2 Å². The van der Waals surface area contributed by atoms with Crippen LogP contribution in [0, 0.1) is 11.6 Å². The van der Waals surface area contributed by atoms with E-state index in [1.54, 1.807) is 24.3 Å². The van der Waals surface area contributed by atoms with Gasteiger partial charge in [-0.15, -0.1) is 0 Å². The van der Waals surface area contributed by atoms with Crippen LogP contribution in [0.5, 0.6) is 11.5 Å². The number of benzene rings is 2. The second-order valence-corrected chi connectivity index (χ2v) is 5.14. The van der Waals surface area contributed by atoms with E-state index in [4.69, 9.17) is 14.2 Å². The van der Waals surface area contributed by atoms with E-state index in [0.29, 0.717) is 11.5 Å². The number of carbonyl (C=O) groups is 2. The number of anilines is 1. The minimum Gasteiger partial charge on any atom is -0.485 e. The Kier molecular flexibility index (Phi) is 4.78. The van der Waals surface area contributed by atoms with Gasteiger partial charge in [-0.2, -0.15) is 0 Å². The zero-order chi connectivity index (χ0) is 17.8. The summed E-state index contributed by atoms with van der Waals surface area (Å²) in [4.78, 5) is 23.7. The van der Waals surface area contributed by atoms with Crippen LogP contribution >= 0.6 is 0 Å². The molecule has 1 aliphatic heterocycles. The molecule has 1 atom stereocenters. The summed E-state index contributed by atoms with van der Waals surface area (Å²) in [6.45, 7) is -0.730. The summed E-state index contributed by atoms with van der Waals surface area (Å²) in [5.74, 6) is -2.23. The molecule has 0 spiro atoms. The molecule has 1 amide bonds. The quantitative estimate of drug-likeness (QED) is 0.858. The maximum atomic E-state index is 13.4. The highest BCUT2D eigenvalue weighted by molar-refractivity contribution is 5.93. The van der Waals surface area contributed by atoms with Crippen molar-refractivity contribution in [3.63, 3.8) is 0 Å². The van der Waals surface area contributed by atoms with Crippen molar-refractivity contribution < 1.29 is 32.6 Å². The molecule has 2 aromatic carbocycles. The highest BCUT2D eigenvalue weighted by Gasteiger charge is 2.29. The average Bonchev–Trinajstić information content (AvgIpc) is 2.62. The first-order valence-electron chi connectivity index (χ1n) is 7.33. The Bertz CT molecular complexity index is 811. The molecule has 1 heterocycles. The van der Waals surface area contributed by atoms with Crippen LogP contribution in [0.3, 0.4) is 0 Å². The Morgan fingerprint density at radius 1 is 1.16 bits per heavy atom. The summed E-state index contributed by atoms with van der Waals surface area (Å²) in [5, 5.41) is 2.12. The zero-order valence-corrected chi connectivity index (χ0v) is 12.8. The molecule has 2 aromatic rings. The van der Waals surface area contributed by atoms with Crippen LogP contribution < -0.4 is 14.8 Å². The average molecular weight is 349 g/mol. The molecule has 1 N–H and O–H groups in total. The molecule has 0 aliphatic carbocycles. The molecule has 3 rings (SSSR count). The number of fused-ring (bicyclic) bond motifs is 1. The molecule has 25 heavy (non-hydrogen) atoms. The fraction of sp³-hybridized carbons (Fsp3) is 0.176. The molecule has 1 aliphatic rings. The number of hydrogen-bond acceptors (Lipinski definition) is 5. The number of amides is 1. The van der Waals surface area contributed by atoms with Gasteiger partial charge in [-0.3, -0.25) is 4.79 Å². The van der Waals surface area contributed by atoms with Crippen molar-refractivity contribution in [1.29, 1.82) is 0 Å². The minimum absolute atomic E-state index is 0.0595. The van der Waals surface area contributed by atoms with Gasteiger partial charge in [-0.05, 0) is 24.3 Å². The highest BCUT2D eigenvalue weighted by atomic mass is 19.1. The number of esters is 1. The maximum Gasteiger partial charge on any atom is 0.351 e. The first-order valence-corrected chi connectivity index (χ1v) is 7.33. The van der Waals surface area contributed by atoms with Gasteiger partial charge in [0.25, 0.3) is 5.91 Å². The summed E-state index contributed by atoms with van der Waals surface area (Å²) in [7, 11) is 0. The van der Waals surface area contributed by atoms with Gasteiger partial charge in [0.2, 0.25) is 6.10 Å². The van der Waals surface area contributed by atoms with Crippen molar-refractivity contribution in [3.05, 3.63) is 54.1 Å². The summed E-state index contributed by atoms with van der Waals surface area (Å²) in [6.07, 6.45) is -1.02. The minimum atomic E-state index is -1.02. The Labute approximate surface area is 141 Å². The van der Waals surface area contributed by atoms with Gasteiger partial charge in [0.15, 0.2) is 18.1 Å². The second kappa shape index (κ2) is 7.16. The molecule has 130 valence electrons. The standard InChI is InChI=1S/C17H13F2NO5/c18-10-5-6-11(19)12(7-10)20-16(21)9-24-17(22)15-8-23-13-3-1-2-4-14(13)25-15/h1-7,15H,8-9H2,(H,20,21)/t15-/m1/s1. The second-order valence-electron chi connectivity index (χ2n) is 5.14. The zero-order valence-electron chi connectivity index (χ0n) is 12.8. The lowest BCUT2D eigenvalue weighted by atomic mass is 10.2. The predicted octanol–water partition coefficient (Wildman–Crippen LogP) is 2.29. The Morgan fingerprint density at radius 3 is 2.72 bits per heavy atom. The van der Waals surface area contributed by atoms with Crippen LogP contribution in [0.1, 0.15) is 0 Å². The third-order valence-corrected chi connectivity index (χ3v) is 3.32. The monoisotopic (exact) mass is 349 g/mol. The lowest BCUT2D eigenvalue weighted by molar-refractivity contribution is -0.156. The number of nitrogens with one attached hydrogen (secondary N) is 1. The van der Waals surface area contributed by atoms with E-state index in [1.165, 1.54) is 0 Å². The van der Waals surface area contributed by atoms with Crippen molar-refractivity contribution >= 4 is 17.6 Å². The van der Waals surface area contributed by atoms with Crippen LogP contribution in [-0.2, 0) is 14.3 Å². The van der Waals surface area contributed by atoms with Gasteiger partial charge in [-0.1, -0.05) is 12.1 Å². The van der Waals surface area contributed by atoms with E-state index in [2.05, 4.69) is 5.32 Å². The summed E-state index contributed by atoms with van der Waals surface area (Å²) in [6, 6.07) is 9.43. The normalized spacial score (nSPS) is 15.4. The van der Waals surface area contributed by atoms with Crippen LogP contribution in [0.4, 0.5) is 14.5 Å². The smallest absolute Gasteiger partial charge is 0.351 e. The number of halogens is 2. The number of carbonyl (C=O) groups excluding carboxylic acids is 2. The van der Waals surface area contributed by atoms with Crippen LogP contribution in [0.25, 0.3) is 0 Å². The van der Waals surface area contributed by atoms with E-state index < -0.39 is 36.2 Å². The first-order chi connectivity index (χ1) is 12.0. The van der Waals surface area contributed by atoms with Gasteiger partial charge in [-0.25, -0.2) is 13.6 Å². The van der Waals surface area contributed by atoms with Crippen molar-refractivity contribution in [3.8, 4) is 11.5 Å². The van der Waals surface area contributed by atoms with Gasteiger partial charge in [0.1, 0.15) is 18.2 Å². The van der Waals surface area contributed by atoms with Gasteiger partial charge < -0.3 is 19.5 Å². The van der Waals surface area contributed by atoms with Crippen molar-refractivity contribution in [1.82, 2.24) is 0 Å². The predicted molar refractivity (Wildman–Crippen MR) is 82.3 cm³/mol. The fourth-order valence-corrected chi connectivity index (χ4v) is 2.14. The third-order valence-electron chi connectivity index (χ3n) is 3.32. The van der Waals surface area contributed by atoms with E-state index in [1.807, 2.05) is 0 Å². The molecule has 0 radical (unpaired) electrons. The molecule has 0 fully saturated rings. The molecule has 0 bridgehead atoms. The van der Waals surface area contributed by atoms with Crippen LogP contribution in [-0.4, -0.2) is 31.2 Å². The summed E-state index contributed by atoms with van der Waals surface area (Å²) < 4.78 is 42.1. The van der Waals surface area contributed by atoms with E-state index in [9.17, 15) is 18.4 Å². The molecule has 0 saturated heterocycles. The van der Waals surface area contributed by atoms with Crippen molar-refractivity contribution in [2.75, 3.05) is 18.5 Å². The Balaban J connectivity index is 1.52. The lowest BCUT2D eigenvalue weighted by Gasteiger charge is -2.24.